The first kappa shape index (κ1) is 14.8. The smallest absolute Gasteiger partial charge is 0.148 e. The number of hydrogen-bond donors (Lipinski definition) is 1. The van der Waals surface area contributed by atoms with Crippen molar-refractivity contribution >= 4 is 15.9 Å². The Morgan fingerprint density at radius 3 is 3.06 bits per heavy atom. The average Bonchev–Trinajstić information content (AvgIpc) is 2.35. The molecule has 1 aromatic rings. The molecule has 0 radical (unpaired) electrons. The Hall–Kier alpha value is -1.24. The lowest BCUT2D eigenvalue weighted by Gasteiger charge is -2.14. The Balaban J connectivity index is 2.69. The molecule has 0 aliphatic heterocycles. The molecule has 0 aliphatic rings. The molecular weight excluding hydrogens is 290 g/mol. The fourth-order valence-electron chi connectivity index (χ4n) is 1.56. The van der Waals surface area contributed by atoms with Crippen molar-refractivity contribution in [3.63, 3.8) is 0 Å². The van der Waals surface area contributed by atoms with Crippen LogP contribution < -0.4 is 10.1 Å². The second kappa shape index (κ2) is 7.97. The highest BCUT2D eigenvalue weighted by atomic mass is 79.9. The van der Waals surface area contributed by atoms with Crippen molar-refractivity contribution in [2.75, 3.05) is 6.61 Å². The summed E-state index contributed by atoms with van der Waals surface area (Å²) >= 11 is 3.46. The second-order valence-corrected chi connectivity index (χ2v) is 4.97. The summed E-state index contributed by atoms with van der Waals surface area (Å²) in [5, 5.41) is 3.42. The van der Waals surface area contributed by atoms with Gasteiger partial charge in [-0.25, -0.2) is 0 Å². The van der Waals surface area contributed by atoms with Gasteiger partial charge in [-0.2, -0.15) is 0 Å². The Morgan fingerprint density at radius 2 is 2.39 bits per heavy atom. The Labute approximate surface area is 118 Å². The van der Waals surface area contributed by atoms with E-state index in [1.54, 1.807) is 0 Å². The summed E-state index contributed by atoms with van der Waals surface area (Å²) in [6.07, 6.45) is 8.06. The first-order chi connectivity index (χ1) is 8.67. The quantitative estimate of drug-likeness (QED) is 0.615. The Bertz CT molecular complexity index is 437. The first-order valence-corrected chi connectivity index (χ1v) is 6.65. The number of terminal acetylenes is 1. The summed E-state index contributed by atoms with van der Waals surface area (Å²) in [7, 11) is 0. The van der Waals surface area contributed by atoms with Gasteiger partial charge in [-0.15, -0.1) is 13.0 Å². The maximum absolute atomic E-state index is 5.52. The van der Waals surface area contributed by atoms with Crippen LogP contribution in [0.4, 0.5) is 0 Å². The van der Waals surface area contributed by atoms with Crippen molar-refractivity contribution in [2.45, 2.75) is 25.9 Å². The van der Waals surface area contributed by atoms with Gasteiger partial charge in [0.25, 0.3) is 0 Å². The van der Waals surface area contributed by atoms with E-state index in [1.807, 2.05) is 24.3 Å². The van der Waals surface area contributed by atoms with Crippen molar-refractivity contribution in [1.29, 1.82) is 0 Å². The molecule has 2 nitrogen and oxygen atoms in total. The number of benzene rings is 1. The fraction of sp³-hybridized carbons (Fsp3) is 0.333. The minimum absolute atomic E-state index is 0.289. The molecule has 96 valence electrons. The highest BCUT2D eigenvalue weighted by molar-refractivity contribution is 9.10. The topological polar surface area (TPSA) is 21.3 Å². The maximum Gasteiger partial charge on any atom is 0.148 e. The van der Waals surface area contributed by atoms with Gasteiger partial charge in [0.2, 0.25) is 0 Å². The van der Waals surface area contributed by atoms with Gasteiger partial charge in [0.1, 0.15) is 12.4 Å². The maximum atomic E-state index is 5.52. The van der Waals surface area contributed by atoms with Crippen molar-refractivity contribution in [3.05, 3.63) is 40.9 Å². The van der Waals surface area contributed by atoms with Crippen molar-refractivity contribution in [2.24, 2.45) is 0 Å². The molecule has 1 atom stereocenters. The van der Waals surface area contributed by atoms with Gasteiger partial charge in [-0.1, -0.05) is 27.9 Å². The number of nitrogens with one attached hydrogen (secondary N) is 1. The van der Waals surface area contributed by atoms with Crippen LogP contribution in [0, 0.1) is 12.3 Å². The van der Waals surface area contributed by atoms with Gasteiger partial charge in [0, 0.05) is 22.6 Å². The van der Waals surface area contributed by atoms with E-state index in [0.29, 0.717) is 6.04 Å². The van der Waals surface area contributed by atoms with Crippen molar-refractivity contribution < 1.29 is 4.74 Å². The van der Waals surface area contributed by atoms with Gasteiger partial charge < -0.3 is 10.1 Å². The summed E-state index contributed by atoms with van der Waals surface area (Å²) in [4.78, 5) is 0. The zero-order valence-electron chi connectivity index (χ0n) is 10.6. The molecule has 0 aliphatic carbocycles. The van der Waals surface area contributed by atoms with E-state index >= 15 is 0 Å². The van der Waals surface area contributed by atoms with Crippen LogP contribution in [-0.2, 0) is 6.54 Å². The third-order valence-corrected chi connectivity index (χ3v) is 2.99. The van der Waals surface area contributed by atoms with E-state index in [1.165, 1.54) is 0 Å². The molecule has 0 saturated carbocycles. The summed E-state index contributed by atoms with van der Waals surface area (Å²) in [6.45, 7) is 6.89. The SMILES string of the molecule is C#CCOc1ccc(Br)cc1CNC(C)CC=C. The number of ether oxygens (including phenoxy) is 1. The lowest BCUT2D eigenvalue weighted by atomic mass is 10.1. The van der Waals surface area contributed by atoms with Crippen LogP contribution in [0.3, 0.4) is 0 Å². The van der Waals surface area contributed by atoms with Crippen LogP contribution in [0.5, 0.6) is 5.75 Å². The van der Waals surface area contributed by atoms with Crippen LogP contribution in [0.15, 0.2) is 35.3 Å². The Kier molecular flexibility index (Phi) is 6.56. The number of halogens is 1. The summed E-state index contributed by atoms with van der Waals surface area (Å²) < 4.78 is 6.55. The van der Waals surface area contributed by atoms with E-state index in [-0.39, 0.29) is 6.61 Å². The largest absolute Gasteiger partial charge is 0.481 e. The van der Waals surface area contributed by atoms with Gasteiger partial charge in [-0.3, -0.25) is 0 Å². The van der Waals surface area contributed by atoms with Crippen molar-refractivity contribution in [3.8, 4) is 18.1 Å². The number of rotatable bonds is 7. The molecular formula is C15H18BrNO. The zero-order chi connectivity index (χ0) is 13.4. The van der Waals surface area contributed by atoms with E-state index in [9.17, 15) is 0 Å². The molecule has 0 saturated heterocycles. The lowest BCUT2D eigenvalue weighted by molar-refractivity contribution is 0.363. The van der Waals surface area contributed by atoms with E-state index < -0.39 is 0 Å². The third-order valence-electron chi connectivity index (χ3n) is 2.49. The van der Waals surface area contributed by atoms with Crippen LogP contribution >= 0.6 is 15.9 Å². The lowest BCUT2D eigenvalue weighted by Crippen LogP contribution is -2.25. The average molecular weight is 308 g/mol. The van der Waals surface area contributed by atoms with Gasteiger partial charge in [0.15, 0.2) is 0 Å². The fourth-order valence-corrected chi connectivity index (χ4v) is 1.97. The summed E-state index contributed by atoms with van der Waals surface area (Å²) in [6, 6.07) is 6.31. The molecule has 1 N–H and O–H groups in total. The summed E-state index contributed by atoms with van der Waals surface area (Å²) in [5.74, 6) is 3.30. The van der Waals surface area contributed by atoms with Crippen LogP contribution in [-0.4, -0.2) is 12.6 Å². The van der Waals surface area contributed by atoms with Crippen LogP contribution in [0.1, 0.15) is 18.9 Å². The van der Waals surface area contributed by atoms with E-state index in [4.69, 9.17) is 11.2 Å². The Morgan fingerprint density at radius 1 is 1.61 bits per heavy atom. The monoisotopic (exact) mass is 307 g/mol. The molecule has 1 rings (SSSR count). The molecule has 18 heavy (non-hydrogen) atoms. The first-order valence-electron chi connectivity index (χ1n) is 5.86. The van der Waals surface area contributed by atoms with Crippen LogP contribution in [0.25, 0.3) is 0 Å². The highest BCUT2D eigenvalue weighted by Gasteiger charge is 2.06. The van der Waals surface area contributed by atoms with Gasteiger partial charge in [-0.05, 0) is 31.5 Å². The minimum Gasteiger partial charge on any atom is -0.481 e. The third kappa shape index (κ3) is 4.95. The predicted molar refractivity (Wildman–Crippen MR) is 79.6 cm³/mol. The van der Waals surface area contributed by atoms with Crippen molar-refractivity contribution in [1.82, 2.24) is 5.32 Å². The molecule has 1 aromatic carbocycles. The molecule has 0 heterocycles. The molecule has 0 bridgehead atoms. The van der Waals surface area contributed by atoms with Crippen LogP contribution in [0.2, 0.25) is 0 Å². The number of hydrogen-bond acceptors (Lipinski definition) is 2. The molecule has 0 aromatic heterocycles. The van der Waals surface area contributed by atoms with Gasteiger partial charge in [0.05, 0.1) is 0 Å². The second-order valence-electron chi connectivity index (χ2n) is 4.05. The molecule has 3 heteroatoms. The molecule has 0 fully saturated rings. The molecule has 0 amide bonds. The minimum atomic E-state index is 0.289. The van der Waals surface area contributed by atoms with Gasteiger partial charge >= 0.3 is 0 Å². The standard InChI is InChI=1S/C15H18BrNO/c1-4-6-12(3)17-11-13-10-14(16)7-8-15(13)18-9-5-2/h2,4,7-8,10,12,17H,1,6,9,11H2,3H3. The van der Waals surface area contributed by atoms with E-state index in [0.717, 1.165) is 28.8 Å². The molecule has 1 unspecified atom stereocenters. The predicted octanol–water partition coefficient (Wildman–Crippen LogP) is 3.52. The molecule has 0 spiro atoms. The normalized spacial score (nSPS) is 11.6. The van der Waals surface area contributed by atoms with E-state index in [2.05, 4.69) is 40.7 Å². The zero-order valence-corrected chi connectivity index (χ0v) is 12.2. The summed E-state index contributed by atoms with van der Waals surface area (Å²) in [5.41, 5.74) is 1.09. The highest BCUT2D eigenvalue weighted by Crippen LogP contribution is 2.23.